The zero-order valence-electron chi connectivity index (χ0n) is 22.5. The minimum absolute atomic E-state index is 0.0646. The van der Waals surface area contributed by atoms with Gasteiger partial charge in [-0.1, -0.05) is 24.4 Å². The van der Waals surface area contributed by atoms with E-state index in [2.05, 4.69) is 37.9 Å². The first-order valence-electron chi connectivity index (χ1n) is 13.0. The van der Waals surface area contributed by atoms with Crippen LogP contribution in [0.3, 0.4) is 0 Å². The number of nitrogens with one attached hydrogen (secondary N) is 3. The maximum atomic E-state index is 12.8. The fraction of sp³-hybridized carbons (Fsp3) is 0.577. The van der Waals surface area contributed by atoms with E-state index in [9.17, 15) is 9.00 Å². The van der Waals surface area contributed by atoms with E-state index in [1.165, 1.54) is 0 Å². The number of aromatic nitrogens is 2. The monoisotopic (exact) mass is 563 g/mol. The Labute approximate surface area is 232 Å². The number of rotatable bonds is 9. The molecule has 1 aliphatic heterocycles. The number of carbonyl (C=O) groups excluding carboxylic acids is 1. The standard InChI is InChI=1S/C26H38ClN7O3S/c1-33-13-11-18(12-14-33)29-25(35)17-9-10-21(23(15-17)37-3)31-26-28-16-19(27)24(32-26)30-20-7-5-6-8-22(20)34(2)38(4)36/h9-10,15-16,18,20,22H,5-8,11-14H2,1-4H3,(H,29,35)(H2,28,30,31,32). The van der Waals surface area contributed by atoms with Crippen molar-refractivity contribution in [3.05, 3.63) is 35.0 Å². The van der Waals surface area contributed by atoms with E-state index in [1.54, 1.807) is 37.8 Å². The van der Waals surface area contributed by atoms with E-state index >= 15 is 0 Å². The van der Waals surface area contributed by atoms with Crippen LogP contribution in [0.5, 0.6) is 5.75 Å². The van der Waals surface area contributed by atoms with Crippen LogP contribution >= 0.6 is 11.6 Å². The fourth-order valence-electron chi connectivity index (χ4n) is 5.09. The molecule has 0 bridgehead atoms. The van der Waals surface area contributed by atoms with Gasteiger partial charge in [0.25, 0.3) is 5.91 Å². The van der Waals surface area contributed by atoms with Crippen molar-refractivity contribution in [2.75, 3.05) is 51.2 Å². The van der Waals surface area contributed by atoms with Crippen LogP contribution in [0.4, 0.5) is 17.5 Å². The zero-order chi connectivity index (χ0) is 27.2. The lowest BCUT2D eigenvalue weighted by Crippen LogP contribution is -2.47. The number of methoxy groups -OCH3 is 1. The van der Waals surface area contributed by atoms with Gasteiger partial charge in [-0.2, -0.15) is 4.98 Å². The molecule has 1 saturated heterocycles. The molecule has 1 amide bonds. The molecule has 12 heteroatoms. The van der Waals surface area contributed by atoms with Crippen molar-refractivity contribution < 1.29 is 13.7 Å². The Morgan fingerprint density at radius 1 is 1.21 bits per heavy atom. The summed E-state index contributed by atoms with van der Waals surface area (Å²) >= 11 is 6.45. The Bertz CT molecular complexity index is 1150. The normalized spacial score (nSPS) is 21.6. The first-order chi connectivity index (χ1) is 18.2. The number of carbonyl (C=O) groups is 1. The summed E-state index contributed by atoms with van der Waals surface area (Å²) in [4.78, 5) is 24.1. The summed E-state index contributed by atoms with van der Waals surface area (Å²) in [5.74, 6) is 1.26. The molecule has 10 nitrogen and oxygen atoms in total. The number of nitrogens with zero attached hydrogens (tertiary/aromatic N) is 4. The summed E-state index contributed by atoms with van der Waals surface area (Å²) in [6.07, 6.45) is 9.20. The van der Waals surface area contributed by atoms with E-state index in [1.807, 2.05) is 11.4 Å². The summed E-state index contributed by atoms with van der Waals surface area (Å²) < 4.78 is 19.6. The van der Waals surface area contributed by atoms with Crippen LogP contribution in [0.2, 0.25) is 5.02 Å². The van der Waals surface area contributed by atoms with Crippen LogP contribution in [0, 0.1) is 0 Å². The first-order valence-corrected chi connectivity index (χ1v) is 14.9. The van der Waals surface area contributed by atoms with Crippen LogP contribution < -0.4 is 20.7 Å². The van der Waals surface area contributed by atoms with Gasteiger partial charge in [0, 0.05) is 37.0 Å². The van der Waals surface area contributed by atoms with Crippen molar-refractivity contribution in [3.63, 3.8) is 0 Å². The number of amides is 1. The molecule has 0 radical (unpaired) electrons. The number of halogens is 1. The Balaban J connectivity index is 1.46. The molecule has 1 aromatic heterocycles. The van der Waals surface area contributed by atoms with Gasteiger partial charge in [-0.15, -0.1) is 0 Å². The predicted molar refractivity (Wildman–Crippen MR) is 153 cm³/mol. The van der Waals surface area contributed by atoms with E-state index in [-0.39, 0.29) is 24.0 Å². The number of hydrogen-bond donors (Lipinski definition) is 3. The van der Waals surface area contributed by atoms with Crippen LogP contribution in [-0.4, -0.2) is 88.0 Å². The van der Waals surface area contributed by atoms with Gasteiger partial charge in [-0.3, -0.25) is 4.79 Å². The number of likely N-dealkylation sites (N-methyl/N-ethyl adjacent to an activating group) is 1. The van der Waals surface area contributed by atoms with Gasteiger partial charge < -0.3 is 25.6 Å². The summed E-state index contributed by atoms with van der Waals surface area (Å²) in [5, 5.41) is 10.2. The number of likely N-dealkylation sites (tertiary alicyclic amines) is 1. The molecule has 0 spiro atoms. The van der Waals surface area contributed by atoms with Crippen LogP contribution in [0.1, 0.15) is 48.9 Å². The highest BCUT2D eigenvalue weighted by Gasteiger charge is 2.31. The first kappa shape index (κ1) is 28.5. The smallest absolute Gasteiger partial charge is 0.251 e. The Kier molecular flexibility index (Phi) is 9.80. The molecule has 2 fully saturated rings. The molecule has 3 unspecified atom stereocenters. The highest BCUT2D eigenvalue weighted by Crippen LogP contribution is 2.31. The van der Waals surface area contributed by atoms with Gasteiger partial charge >= 0.3 is 0 Å². The molecule has 3 N–H and O–H groups in total. The molecule has 1 saturated carbocycles. The lowest BCUT2D eigenvalue weighted by atomic mass is 9.90. The number of benzene rings is 1. The molecule has 2 aliphatic rings. The maximum absolute atomic E-state index is 12.8. The average molecular weight is 564 g/mol. The Hall–Kier alpha value is -2.47. The van der Waals surface area contributed by atoms with E-state index in [4.69, 9.17) is 16.3 Å². The number of ether oxygens (including phenoxy) is 1. The topological polar surface area (TPSA) is 112 Å². The van der Waals surface area contributed by atoms with Gasteiger partial charge in [-0.05, 0) is 64.0 Å². The highest BCUT2D eigenvalue weighted by atomic mass is 35.5. The molecule has 38 heavy (non-hydrogen) atoms. The molecule has 3 atom stereocenters. The quantitative estimate of drug-likeness (QED) is 0.424. The third kappa shape index (κ3) is 7.13. The molecule has 208 valence electrons. The third-order valence-electron chi connectivity index (χ3n) is 7.43. The van der Waals surface area contributed by atoms with E-state index in [0.29, 0.717) is 33.8 Å². The number of anilines is 3. The molecule has 1 aliphatic carbocycles. The van der Waals surface area contributed by atoms with Crippen molar-refractivity contribution in [2.45, 2.75) is 56.7 Å². The van der Waals surface area contributed by atoms with Gasteiger partial charge in [-0.25, -0.2) is 13.5 Å². The Morgan fingerprint density at radius 2 is 1.95 bits per heavy atom. The fourth-order valence-corrected chi connectivity index (χ4v) is 5.87. The van der Waals surface area contributed by atoms with Crippen molar-refractivity contribution in [1.82, 2.24) is 24.5 Å². The molecule has 1 aromatic carbocycles. The van der Waals surface area contributed by atoms with Crippen LogP contribution in [0.25, 0.3) is 0 Å². The predicted octanol–water partition coefficient (Wildman–Crippen LogP) is 3.65. The third-order valence-corrected chi connectivity index (χ3v) is 8.79. The maximum Gasteiger partial charge on any atom is 0.251 e. The second-order valence-corrected chi connectivity index (χ2v) is 11.9. The van der Waals surface area contributed by atoms with Crippen molar-refractivity contribution in [3.8, 4) is 5.75 Å². The molecule has 2 aromatic rings. The van der Waals surface area contributed by atoms with E-state index in [0.717, 1.165) is 51.6 Å². The van der Waals surface area contributed by atoms with Crippen molar-refractivity contribution >= 4 is 45.9 Å². The largest absolute Gasteiger partial charge is 0.495 e. The summed E-state index contributed by atoms with van der Waals surface area (Å²) in [7, 11) is 4.48. The highest BCUT2D eigenvalue weighted by molar-refractivity contribution is 7.81. The van der Waals surface area contributed by atoms with Gasteiger partial charge in [0.05, 0.1) is 30.0 Å². The minimum Gasteiger partial charge on any atom is -0.495 e. The van der Waals surface area contributed by atoms with Gasteiger partial charge in [0.1, 0.15) is 10.8 Å². The average Bonchev–Trinajstić information content (AvgIpc) is 2.91. The summed E-state index contributed by atoms with van der Waals surface area (Å²) in [5.41, 5.74) is 1.17. The van der Waals surface area contributed by atoms with Gasteiger partial charge in [0.2, 0.25) is 5.95 Å². The zero-order valence-corrected chi connectivity index (χ0v) is 24.1. The second-order valence-electron chi connectivity index (χ2n) is 10.1. The van der Waals surface area contributed by atoms with Crippen molar-refractivity contribution in [2.24, 2.45) is 0 Å². The molecule has 2 heterocycles. The van der Waals surface area contributed by atoms with Gasteiger partial charge in [0.15, 0.2) is 5.82 Å². The molecular formula is C26H38ClN7O3S. The SMILES string of the molecule is COc1cc(C(=O)NC2CCN(C)CC2)ccc1Nc1ncc(Cl)c(NC2CCCCC2N(C)S(C)=O)n1. The number of hydrogen-bond acceptors (Lipinski definition) is 8. The van der Waals surface area contributed by atoms with Crippen LogP contribution in [0.15, 0.2) is 24.4 Å². The van der Waals surface area contributed by atoms with Crippen molar-refractivity contribution in [1.29, 1.82) is 0 Å². The molecule has 4 rings (SSSR count). The Morgan fingerprint density at radius 3 is 2.66 bits per heavy atom. The number of piperidine rings is 1. The lowest BCUT2D eigenvalue weighted by molar-refractivity contribution is 0.0916. The second kappa shape index (κ2) is 13.1. The minimum atomic E-state index is -1.07. The molecular weight excluding hydrogens is 526 g/mol. The summed E-state index contributed by atoms with van der Waals surface area (Å²) in [6, 6.07) is 5.62. The lowest BCUT2D eigenvalue weighted by Gasteiger charge is -2.37. The van der Waals surface area contributed by atoms with Crippen LogP contribution in [-0.2, 0) is 11.0 Å². The van der Waals surface area contributed by atoms with E-state index < -0.39 is 11.0 Å². The summed E-state index contributed by atoms with van der Waals surface area (Å²) in [6.45, 7) is 1.95.